The molecule has 0 spiro atoms. The summed E-state index contributed by atoms with van der Waals surface area (Å²) < 4.78 is 41.6. The maximum Gasteiger partial charge on any atom is 0.242 e. The van der Waals surface area contributed by atoms with Crippen LogP contribution in [0, 0.1) is 22.7 Å². The van der Waals surface area contributed by atoms with Crippen LogP contribution >= 0.6 is 0 Å². The lowest BCUT2D eigenvalue weighted by Crippen LogP contribution is -2.44. The molecule has 4 aromatic rings. The van der Waals surface area contributed by atoms with Crippen LogP contribution in [0.3, 0.4) is 0 Å². The maximum atomic E-state index is 13.6. The van der Waals surface area contributed by atoms with Gasteiger partial charge in [-0.15, -0.1) is 0 Å². The van der Waals surface area contributed by atoms with E-state index in [1.807, 2.05) is 0 Å². The molecule has 4 rings (SSSR count). The molecule has 0 aliphatic carbocycles. The molecule has 2 nitrogen and oxygen atoms in total. The van der Waals surface area contributed by atoms with Crippen LogP contribution in [0.25, 0.3) is 11.5 Å². The third-order valence-electron chi connectivity index (χ3n) is 5.05. The van der Waals surface area contributed by atoms with Gasteiger partial charge in [0.1, 0.15) is 17.5 Å². The lowest BCUT2D eigenvalue weighted by atomic mass is 9.35. The molecule has 0 bridgehead atoms. The number of pyridine rings is 1. The number of rotatable bonds is 5. The fraction of sp³-hybridized carbons (Fsp3) is 0. The predicted molar refractivity (Wildman–Crippen MR) is 117 cm³/mol. The molecule has 0 aliphatic heterocycles. The lowest BCUT2D eigenvalue weighted by Gasteiger charge is -2.19. The SMILES string of the molecule is [O-][n+]1ccccc1/C=C(\B(c1ccc(F)cc1)c1ccc(F)cc1)c1ccc(F)cc1. The minimum Gasteiger partial charge on any atom is -0.618 e. The molecule has 0 aliphatic rings. The molecule has 0 N–H and O–H groups in total. The number of hydrogen-bond donors (Lipinski definition) is 0. The Morgan fingerprint density at radius 1 is 0.677 bits per heavy atom. The summed E-state index contributed by atoms with van der Waals surface area (Å²) in [5.74, 6) is -1.15. The Morgan fingerprint density at radius 3 is 1.65 bits per heavy atom. The number of aromatic nitrogens is 1. The molecule has 152 valence electrons. The van der Waals surface area contributed by atoms with Crippen molar-refractivity contribution < 1.29 is 17.9 Å². The third kappa shape index (κ3) is 4.69. The Hall–Kier alpha value is -3.80. The van der Waals surface area contributed by atoms with Crippen molar-refractivity contribution in [1.82, 2.24) is 0 Å². The predicted octanol–water partition coefficient (Wildman–Crippen LogP) is 4.13. The zero-order valence-electron chi connectivity index (χ0n) is 16.4. The molecule has 0 fully saturated rings. The number of nitrogens with zero attached hydrogens (tertiary/aromatic N) is 1. The van der Waals surface area contributed by atoms with Gasteiger partial charge in [0, 0.05) is 18.2 Å². The van der Waals surface area contributed by atoms with Crippen molar-refractivity contribution in [1.29, 1.82) is 0 Å². The summed E-state index contributed by atoms with van der Waals surface area (Å²) in [7, 11) is 0. The summed E-state index contributed by atoms with van der Waals surface area (Å²) in [6, 6.07) is 23.0. The van der Waals surface area contributed by atoms with Gasteiger partial charge in [-0.1, -0.05) is 52.8 Å². The first-order valence-corrected chi connectivity index (χ1v) is 9.68. The van der Waals surface area contributed by atoms with E-state index in [0.717, 1.165) is 15.7 Å². The highest BCUT2D eigenvalue weighted by Crippen LogP contribution is 2.22. The summed E-state index contributed by atoms with van der Waals surface area (Å²) in [6.45, 7) is -0.452. The van der Waals surface area contributed by atoms with Crippen molar-refractivity contribution in [3.8, 4) is 0 Å². The van der Waals surface area contributed by atoms with Gasteiger partial charge in [0.25, 0.3) is 0 Å². The second-order valence-electron chi connectivity index (χ2n) is 7.09. The quantitative estimate of drug-likeness (QED) is 0.274. The summed E-state index contributed by atoms with van der Waals surface area (Å²) in [6.07, 6.45) is 3.11. The van der Waals surface area contributed by atoms with Crippen LogP contribution in [0.2, 0.25) is 0 Å². The zero-order valence-corrected chi connectivity index (χ0v) is 16.4. The average Bonchev–Trinajstić information content (AvgIpc) is 2.78. The first-order chi connectivity index (χ1) is 15.0. The van der Waals surface area contributed by atoms with Crippen molar-refractivity contribution in [2.75, 3.05) is 0 Å². The molecule has 0 unspecified atom stereocenters. The van der Waals surface area contributed by atoms with Crippen molar-refractivity contribution >= 4 is 29.2 Å². The van der Waals surface area contributed by atoms with Crippen molar-refractivity contribution in [2.24, 2.45) is 0 Å². The van der Waals surface area contributed by atoms with Gasteiger partial charge < -0.3 is 5.21 Å². The number of halogens is 3. The van der Waals surface area contributed by atoms with Crippen LogP contribution in [0.4, 0.5) is 13.2 Å². The van der Waals surface area contributed by atoms with E-state index in [1.54, 1.807) is 60.7 Å². The fourth-order valence-corrected chi connectivity index (χ4v) is 3.55. The van der Waals surface area contributed by atoms with E-state index >= 15 is 0 Å². The van der Waals surface area contributed by atoms with Gasteiger partial charge in [0.05, 0.1) is 0 Å². The standard InChI is InChI=1S/C25H17BF3NO/c27-21-10-4-18(5-11-21)25(17-24-3-1-2-16-30(24)31)26(19-6-12-22(28)13-7-19)20-8-14-23(29)15-9-20/h1-17H/b25-17-. The Labute approximate surface area is 178 Å². The first-order valence-electron chi connectivity index (χ1n) is 9.68. The normalized spacial score (nSPS) is 11.4. The smallest absolute Gasteiger partial charge is 0.242 e. The highest BCUT2D eigenvalue weighted by atomic mass is 19.1. The number of benzene rings is 3. The van der Waals surface area contributed by atoms with Crippen LogP contribution in [0.5, 0.6) is 0 Å². The first kappa shape index (κ1) is 20.5. The van der Waals surface area contributed by atoms with E-state index in [2.05, 4.69) is 0 Å². The molecular formula is C25H17BF3NO. The van der Waals surface area contributed by atoms with E-state index in [9.17, 15) is 18.4 Å². The maximum absolute atomic E-state index is 13.6. The minimum atomic E-state index is -0.452. The highest BCUT2D eigenvalue weighted by molar-refractivity contribution is 7.00. The van der Waals surface area contributed by atoms with Gasteiger partial charge in [-0.3, -0.25) is 0 Å². The van der Waals surface area contributed by atoms with E-state index in [0.29, 0.717) is 16.7 Å². The molecular weight excluding hydrogens is 398 g/mol. The second kappa shape index (κ2) is 8.92. The van der Waals surface area contributed by atoms with Crippen molar-refractivity contribution in [3.05, 3.63) is 131 Å². The van der Waals surface area contributed by atoms with Crippen LogP contribution < -0.4 is 15.7 Å². The second-order valence-corrected chi connectivity index (χ2v) is 7.09. The monoisotopic (exact) mass is 415 g/mol. The molecule has 0 saturated heterocycles. The summed E-state index contributed by atoms with van der Waals surface area (Å²) in [5.41, 5.74) is 3.25. The Kier molecular flexibility index (Phi) is 5.89. The molecule has 1 heterocycles. The molecule has 0 saturated carbocycles. The van der Waals surface area contributed by atoms with Crippen LogP contribution in [-0.4, -0.2) is 6.71 Å². The summed E-state index contributed by atoms with van der Waals surface area (Å²) in [5, 5.41) is 12.3. The fourth-order valence-electron chi connectivity index (χ4n) is 3.55. The Balaban J connectivity index is 1.97. The summed E-state index contributed by atoms with van der Waals surface area (Å²) in [4.78, 5) is 0. The molecule has 0 amide bonds. The minimum absolute atomic E-state index is 0.380. The van der Waals surface area contributed by atoms with Gasteiger partial charge in [0.15, 0.2) is 6.20 Å². The topological polar surface area (TPSA) is 26.9 Å². The molecule has 0 atom stereocenters. The van der Waals surface area contributed by atoms with E-state index < -0.39 is 6.71 Å². The molecule has 31 heavy (non-hydrogen) atoms. The van der Waals surface area contributed by atoms with Gasteiger partial charge in [-0.05, 0) is 48.0 Å². The average molecular weight is 415 g/mol. The van der Waals surface area contributed by atoms with Crippen LogP contribution in [0.15, 0.2) is 97.2 Å². The Morgan fingerprint density at radius 2 is 1.16 bits per heavy atom. The van der Waals surface area contributed by atoms with Crippen molar-refractivity contribution in [3.63, 3.8) is 0 Å². The summed E-state index contributed by atoms with van der Waals surface area (Å²) >= 11 is 0. The Bertz CT molecular complexity index is 1160. The molecule has 0 radical (unpaired) electrons. The van der Waals surface area contributed by atoms with E-state index in [4.69, 9.17) is 0 Å². The van der Waals surface area contributed by atoms with E-state index in [-0.39, 0.29) is 17.5 Å². The number of hydrogen-bond acceptors (Lipinski definition) is 1. The lowest BCUT2D eigenvalue weighted by molar-refractivity contribution is -0.607. The van der Waals surface area contributed by atoms with Crippen molar-refractivity contribution in [2.45, 2.75) is 0 Å². The highest BCUT2D eigenvalue weighted by Gasteiger charge is 2.26. The van der Waals surface area contributed by atoms with Crippen LogP contribution in [0.1, 0.15) is 11.3 Å². The molecule has 6 heteroatoms. The van der Waals surface area contributed by atoms with Gasteiger partial charge in [-0.2, -0.15) is 4.73 Å². The molecule has 3 aromatic carbocycles. The van der Waals surface area contributed by atoms with Gasteiger partial charge >= 0.3 is 0 Å². The van der Waals surface area contributed by atoms with E-state index in [1.165, 1.54) is 42.6 Å². The van der Waals surface area contributed by atoms with Crippen LogP contribution in [-0.2, 0) is 0 Å². The van der Waals surface area contributed by atoms with Gasteiger partial charge in [-0.25, -0.2) is 13.2 Å². The third-order valence-corrected chi connectivity index (χ3v) is 5.05. The zero-order chi connectivity index (χ0) is 21.8. The van der Waals surface area contributed by atoms with Gasteiger partial charge in [0.2, 0.25) is 12.4 Å². The largest absolute Gasteiger partial charge is 0.618 e. The molecule has 1 aromatic heterocycles.